The first kappa shape index (κ1) is 16.1. The van der Waals surface area contributed by atoms with Gasteiger partial charge in [-0.2, -0.15) is 0 Å². The lowest BCUT2D eigenvalue weighted by atomic mass is 10.1. The zero-order valence-electron chi connectivity index (χ0n) is 9.78. The van der Waals surface area contributed by atoms with Crippen LogP contribution in [0.2, 0.25) is 0 Å². The molecule has 0 unspecified atom stereocenters. The highest BCUT2D eigenvalue weighted by atomic mass is 32.1. The number of hydrogen-bond acceptors (Lipinski definition) is 4. The number of carboxylic acid groups (broad SMARTS) is 1. The highest BCUT2D eigenvalue weighted by Gasteiger charge is 1.98. The van der Waals surface area contributed by atoms with Gasteiger partial charge >= 0.3 is 5.97 Å². The lowest BCUT2D eigenvalue weighted by Crippen LogP contribution is -1.97. The van der Waals surface area contributed by atoms with Crippen LogP contribution >= 0.6 is 12.8 Å². The summed E-state index contributed by atoms with van der Waals surface area (Å²) >= 11 is 3.03. The van der Waals surface area contributed by atoms with E-state index in [0.717, 1.165) is 11.8 Å². The van der Waals surface area contributed by atoms with Crippen LogP contribution in [0, 0.1) is 5.41 Å². The fourth-order valence-corrected chi connectivity index (χ4v) is 1.18. The molecule has 1 aromatic rings. The Hall–Kier alpha value is -1.85. The van der Waals surface area contributed by atoms with E-state index in [1.807, 2.05) is 36.4 Å². The fourth-order valence-electron chi connectivity index (χ4n) is 1.18. The first-order valence-electron chi connectivity index (χ1n) is 5.13. The molecule has 0 atom stereocenters. The Kier molecular flexibility index (Phi) is 9.25. The molecular weight excluding hydrogens is 248 g/mol. The molecule has 0 saturated heterocycles. The van der Waals surface area contributed by atoms with E-state index in [4.69, 9.17) is 10.5 Å². The highest BCUT2D eigenvalue weighted by Crippen LogP contribution is 2.03. The predicted molar refractivity (Wildman–Crippen MR) is 77.8 cm³/mol. The summed E-state index contributed by atoms with van der Waals surface area (Å²) in [6, 6.07) is 9.69. The van der Waals surface area contributed by atoms with E-state index in [0.29, 0.717) is 5.57 Å². The minimum atomic E-state index is -0.928. The Bertz CT molecular complexity index is 428. The van der Waals surface area contributed by atoms with Gasteiger partial charge in [-0.3, -0.25) is 9.93 Å². The third-order valence-corrected chi connectivity index (χ3v) is 1.94. The number of carboxylic acids is 1. The Morgan fingerprint density at radius 3 is 2.44 bits per heavy atom. The Balaban J connectivity index is 0.00000137. The molecule has 1 rings (SSSR count). The fraction of sp³-hybridized carbons (Fsp3) is 0.0769. The van der Waals surface area contributed by atoms with Gasteiger partial charge in [0.2, 0.25) is 0 Å². The maximum absolute atomic E-state index is 10.4. The molecule has 96 valence electrons. The Labute approximate surface area is 112 Å². The van der Waals surface area contributed by atoms with Crippen LogP contribution in [0.1, 0.15) is 12.0 Å². The molecule has 0 saturated carbocycles. The molecule has 0 heterocycles. The molecule has 0 fully saturated rings. The van der Waals surface area contributed by atoms with E-state index >= 15 is 0 Å². The Morgan fingerprint density at radius 2 is 1.94 bits per heavy atom. The van der Waals surface area contributed by atoms with Gasteiger partial charge in [0.05, 0.1) is 6.42 Å². The monoisotopic (exact) mass is 264 g/mol. The van der Waals surface area contributed by atoms with Crippen LogP contribution in [0.15, 0.2) is 48.1 Å². The third-order valence-electron chi connectivity index (χ3n) is 1.94. The van der Waals surface area contributed by atoms with Gasteiger partial charge < -0.3 is 10.5 Å². The Morgan fingerprint density at radius 1 is 1.33 bits per heavy atom. The van der Waals surface area contributed by atoms with Crippen molar-refractivity contribution in [1.82, 2.24) is 0 Å². The molecule has 4 N–H and O–H groups in total. The van der Waals surface area contributed by atoms with Crippen molar-refractivity contribution in [2.75, 3.05) is 0 Å². The highest BCUT2D eigenvalue weighted by molar-refractivity contribution is 7.77. The van der Waals surface area contributed by atoms with Crippen molar-refractivity contribution in [3.05, 3.63) is 53.6 Å². The number of nitrogens with two attached hydrogens (primary N) is 1. The summed E-state index contributed by atoms with van der Waals surface area (Å²) in [6.45, 7) is 0. The second-order valence-electron chi connectivity index (χ2n) is 3.23. The first-order valence-corrected chi connectivity index (χ1v) is 5.64. The van der Waals surface area contributed by atoms with Gasteiger partial charge in [-0.05, 0) is 11.1 Å². The molecule has 1 aromatic carbocycles. The largest absolute Gasteiger partial charge is 0.481 e. The minimum absolute atomic E-state index is 0.122. The smallest absolute Gasteiger partial charge is 0.307 e. The van der Waals surface area contributed by atoms with Gasteiger partial charge in [-0.15, -0.1) is 12.8 Å². The molecule has 0 aliphatic carbocycles. The maximum atomic E-state index is 10.4. The van der Waals surface area contributed by atoms with Crippen LogP contribution in [0.5, 0.6) is 0 Å². The topological polar surface area (TPSA) is 87.2 Å². The number of benzene rings is 1. The summed E-state index contributed by atoms with van der Waals surface area (Å²) in [6.07, 6.45) is 6.18. The molecule has 0 aromatic heterocycles. The molecule has 0 radical (unpaired) electrons. The molecule has 0 aliphatic heterocycles. The quantitative estimate of drug-likeness (QED) is 0.374. The van der Waals surface area contributed by atoms with Crippen LogP contribution in [0.4, 0.5) is 0 Å². The van der Waals surface area contributed by atoms with Crippen LogP contribution in [0.3, 0.4) is 0 Å². The third kappa shape index (κ3) is 7.43. The average molecular weight is 264 g/mol. The average Bonchev–Trinajstić information content (AvgIpc) is 2.40. The SMILES string of the molecule is N=C/C(=C\C=C\c1ccccc1)CC(=O)O.NS. The minimum Gasteiger partial charge on any atom is -0.481 e. The molecule has 0 spiro atoms. The number of nitrogens with one attached hydrogen (secondary N) is 1. The molecule has 5 heteroatoms. The lowest BCUT2D eigenvalue weighted by molar-refractivity contribution is -0.136. The van der Waals surface area contributed by atoms with E-state index < -0.39 is 5.97 Å². The maximum Gasteiger partial charge on any atom is 0.307 e. The second-order valence-corrected chi connectivity index (χ2v) is 3.23. The molecule has 0 amide bonds. The summed E-state index contributed by atoms with van der Waals surface area (Å²) in [5, 5.41) is 19.8. The molecule has 18 heavy (non-hydrogen) atoms. The predicted octanol–water partition coefficient (Wildman–Crippen LogP) is 2.54. The summed E-state index contributed by atoms with van der Waals surface area (Å²) in [4.78, 5) is 10.4. The van der Waals surface area contributed by atoms with Gasteiger partial charge in [0.1, 0.15) is 0 Å². The summed E-state index contributed by atoms with van der Waals surface area (Å²) < 4.78 is 0. The molecule has 0 aliphatic rings. The summed E-state index contributed by atoms with van der Waals surface area (Å²) in [5.41, 5.74) is 1.51. The van der Waals surface area contributed by atoms with E-state index in [9.17, 15) is 4.79 Å². The van der Waals surface area contributed by atoms with Crippen molar-refractivity contribution in [2.24, 2.45) is 5.14 Å². The summed E-state index contributed by atoms with van der Waals surface area (Å²) in [5.74, 6) is -0.928. The number of hydrogen-bond donors (Lipinski definition) is 4. The van der Waals surface area contributed by atoms with Gasteiger partial charge in [-0.1, -0.05) is 48.6 Å². The number of aliphatic carboxylic acids is 1. The number of carbonyl (C=O) groups is 1. The number of thiol groups is 1. The van der Waals surface area contributed by atoms with E-state index in [1.165, 1.54) is 0 Å². The van der Waals surface area contributed by atoms with E-state index in [-0.39, 0.29) is 6.42 Å². The lowest BCUT2D eigenvalue weighted by Gasteiger charge is -1.93. The van der Waals surface area contributed by atoms with Crippen molar-refractivity contribution in [3.63, 3.8) is 0 Å². The van der Waals surface area contributed by atoms with Crippen LogP contribution in [0.25, 0.3) is 6.08 Å². The van der Waals surface area contributed by atoms with Gasteiger partial charge in [0, 0.05) is 6.21 Å². The van der Waals surface area contributed by atoms with E-state index in [1.54, 1.807) is 12.2 Å². The van der Waals surface area contributed by atoms with Crippen molar-refractivity contribution in [3.8, 4) is 0 Å². The summed E-state index contributed by atoms with van der Waals surface area (Å²) in [7, 11) is 0. The first-order chi connectivity index (χ1) is 8.72. The van der Waals surface area contributed by atoms with Crippen LogP contribution in [-0.4, -0.2) is 17.3 Å². The van der Waals surface area contributed by atoms with Crippen molar-refractivity contribution in [2.45, 2.75) is 6.42 Å². The van der Waals surface area contributed by atoms with Crippen molar-refractivity contribution in [1.29, 1.82) is 5.41 Å². The molecule has 4 nitrogen and oxygen atoms in total. The number of allylic oxidation sites excluding steroid dienone is 2. The van der Waals surface area contributed by atoms with Crippen molar-refractivity contribution < 1.29 is 9.90 Å². The van der Waals surface area contributed by atoms with Crippen LogP contribution in [-0.2, 0) is 4.79 Å². The van der Waals surface area contributed by atoms with Gasteiger partial charge in [0.25, 0.3) is 0 Å². The zero-order chi connectivity index (χ0) is 13.8. The van der Waals surface area contributed by atoms with E-state index in [2.05, 4.69) is 18.0 Å². The van der Waals surface area contributed by atoms with Crippen molar-refractivity contribution >= 4 is 31.1 Å². The second kappa shape index (κ2) is 10.3. The molecule has 0 bridgehead atoms. The number of rotatable bonds is 5. The normalized spacial score (nSPS) is 10.7. The molecular formula is C13H16N2O2S. The zero-order valence-corrected chi connectivity index (χ0v) is 10.7. The van der Waals surface area contributed by atoms with Gasteiger partial charge in [0.15, 0.2) is 0 Å². The van der Waals surface area contributed by atoms with Gasteiger partial charge in [-0.25, -0.2) is 0 Å². The standard InChI is InChI=1S/C13H13NO2.H3NS/c14-10-12(9-13(15)16)8-4-7-11-5-2-1-3-6-11;1-2/h1-8,10,14H,9H2,(H,15,16);2H,1H2/b7-4+,12-8-,14-10?;. The van der Waals surface area contributed by atoms with Crippen LogP contribution < -0.4 is 5.14 Å².